The Bertz CT molecular complexity index is 1670. The monoisotopic (exact) mass is 854 g/mol. The van der Waals surface area contributed by atoms with Gasteiger partial charge in [0, 0.05) is 33.5 Å². The smallest absolute Gasteiger partial charge is 0.414 e. The Balaban J connectivity index is 0.000000221. The molecule has 0 bridgehead atoms. The number of benzene rings is 2. The van der Waals surface area contributed by atoms with Crippen LogP contribution in [-0.2, 0) is 19.1 Å². The second kappa shape index (κ2) is 19.8. The maximum atomic E-state index is 14.6. The van der Waals surface area contributed by atoms with Crippen molar-refractivity contribution in [1.82, 2.24) is 21.1 Å². The summed E-state index contributed by atoms with van der Waals surface area (Å²) in [5, 5.41) is 15.3. The van der Waals surface area contributed by atoms with E-state index in [1.807, 2.05) is 11.9 Å². The van der Waals surface area contributed by atoms with Crippen LogP contribution >= 0.6 is 22.6 Å². The zero-order chi connectivity index (χ0) is 38.5. The molecule has 0 aliphatic carbocycles. The topological polar surface area (TPSA) is 164 Å². The summed E-state index contributed by atoms with van der Waals surface area (Å²) in [6.45, 7) is 11.3. The maximum Gasteiger partial charge on any atom is 0.414 e. The van der Waals surface area contributed by atoms with Crippen LogP contribution in [0.25, 0.3) is 0 Å². The summed E-state index contributed by atoms with van der Waals surface area (Å²) in [5.74, 6) is -1.27. The van der Waals surface area contributed by atoms with Crippen LogP contribution < -0.4 is 35.7 Å². The van der Waals surface area contributed by atoms with Crippen LogP contribution in [0.5, 0.6) is 0 Å². The van der Waals surface area contributed by atoms with Crippen LogP contribution in [0.4, 0.5) is 41.1 Å². The Morgan fingerprint density at radius 3 is 1.70 bits per heavy atom. The van der Waals surface area contributed by atoms with Gasteiger partial charge in [0.2, 0.25) is 11.8 Å². The molecule has 4 aliphatic rings. The highest BCUT2D eigenvalue weighted by atomic mass is 127. The molecular weight excluding hydrogens is 809 g/mol. The fraction of sp³-hybridized carbons (Fsp3) is 0.471. The Labute approximate surface area is 320 Å². The molecule has 288 valence electrons. The number of halogens is 3. The molecule has 2 fully saturated rings. The lowest BCUT2D eigenvalue weighted by atomic mass is 10.2. The zero-order valence-corrected chi connectivity index (χ0v) is 32.2. The van der Waals surface area contributed by atoms with Gasteiger partial charge in [-0.1, -0.05) is 29.5 Å². The summed E-state index contributed by atoms with van der Waals surface area (Å²) >= 11 is 2.29. The molecule has 2 aromatic carbocycles. The summed E-state index contributed by atoms with van der Waals surface area (Å²) in [4.78, 5) is 52.0. The predicted molar refractivity (Wildman–Crippen MR) is 207 cm³/mol. The molecule has 2 saturated heterocycles. The van der Waals surface area contributed by atoms with E-state index in [0.29, 0.717) is 42.4 Å². The first-order valence-electron chi connectivity index (χ1n) is 17.1. The molecule has 4 heterocycles. The molecule has 2 atom stereocenters. The Morgan fingerprint density at radius 2 is 1.32 bits per heavy atom. The number of nitrogens with zero attached hydrogens (tertiary/aromatic N) is 7. The van der Waals surface area contributed by atoms with Crippen LogP contribution in [0, 0.1) is 11.6 Å². The van der Waals surface area contributed by atoms with Crippen molar-refractivity contribution in [3.8, 4) is 0 Å². The number of hydrogen-bond acceptors (Lipinski definition) is 12. The summed E-state index contributed by atoms with van der Waals surface area (Å²) in [6, 6.07) is 9.20. The second-order valence-corrected chi connectivity index (χ2v) is 13.5. The number of nitrogens with one attached hydrogen (secondary N) is 3. The van der Waals surface area contributed by atoms with E-state index in [1.165, 1.54) is 46.5 Å². The van der Waals surface area contributed by atoms with Gasteiger partial charge < -0.3 is 35.3 Å². The Hall–Kier alpha value is -4.95. The van der Waals surface area contributed by atoms with E-state index in [4.69, 9.17) is 9.47 Å². The third-order valence-electron chi connectivity index (χ3n) is 8.08. The number of carbonyl (C=O) groups excluding carboxylic acids is 4. The molecule has 0 aromatic heterocycles. The van der Waals surface area contributed by atoms with Gasteiger partial charge in [0.1, 0.15) is 36.5 Å². The highest BCUT2D eigenvalue weighted by Crippen LogP contribution is 2.29. The van der Waals surface area contributed by atoms with Crippen LogP contribution in [0.15, 0.2) is 46.6 Å². The normalized spacial score (nSPS) is 19.0. The second-order valence-electron chi connectivity index (χ2n) is 12.0. The minimum absolute atomic E-state index is 0.195. The van der Waals surface area contributed by atoms with E-state index in [0.717, 1.165) is 13.1 Å². The molecule has 2 aromatic rings. The fourth-order valence-electron chi connectivity index (χ4n) is 5.47. The summed E-state index contributed by atoms with van der Waals surface area (Å²) in [7, 11) is 0. The lowest BCUT2D eigenvalue weighted by molar-refractivity contribution is -0.120. The number of likely N-dealkylation sites (N-methyl/N-ethyl adjacent to an activating group) is 1. The zero-order valence-electron chi connectivity index (χ0n) is 30.1. The molecule has 53 heavy (non-hydrogen) atoms. The van der Waals surface area contributed by atoms with E-state index in [9.17, 15) is 28.0 Å². The Kier molecular flexibility index (Phi) is 15.2. The molecule has 0 saturated carbocycles. The van der Waals surface area contributed by atoms with E-state index >= 15 is 0 Å². The van der Waals surface area contributed by atoms with Crippen molar-refractivity contribution in [3.05, 3.63) is 48.0 Å². The van der Waals surface area contributed by atoms with Gasteiger partial charge in [-0.25, -0.2) is 18.4 Å². The van der Waals surface area contributed by atoms with Crippen LogP contribution in [0.2, 0.25) is 0 Å². The van der Waals surface area contributed by atoms with Gasteiger partial charge in [0.25, 0.3) is 0 Å². The third-order valence-corrected chi connectivity index (χ3v) is 8.08. The molecule has 4 amide bonds. The van der Waals surface area contributed by atoms with Crippen molar-refractivity contribution in [1.29, 1.82) is 0 Å². The molecule has 0 spiro atoms. The lowest BCUT2D eigenvalue weighted by Gasteiger charge is -2.29. The van der Waals surface area contributed by atoms with Crippen LogP contribution in [0.3, 0.4) is 0 Å². The van der Waals surface area contributed by atoms with E-state index < -0.39 is 36.0 Å². The summed E-state index contributed by atoms with van der Waals surface area (Å²) in [5.41, 5.74) is 4.44. The van der Waals surface area contributed by atoms with Gasteiger partial charge in [0.15, 0.2) is 0 Å². The average Bonchev–Trinajstić information content (AvgIpc) is 3.72. The van der Waals surface area contributed by atoms with Gasteiger partial charge in [-0.3, -0.25) is 24.4 Å². The summed E-state index contributed by atoms with van der Waals surface area (Å²) in [6.07, 6.45) is 1.12. The van der Waals surface area contributed by atoms with Crippen molar-refractivity contribution >= 4 is 82.0 Å². The largest absolute Gasteiger partial charge is 0.442 e. The first-order valence-corrected chi connectivity index (χ1v) is 18.6. The van der Waals surface area contributed by atoms with Crippen LogP contribution in [-0.4, -0.2) is 117 Å². The standard InChI is InChI=1S/C17H22FN5O3.C15H18FN5O3.C2H5I/c1-3-22-7-6-21(11-20-22)16-5-4-13(8-15(16)18)23-10-14(26-17(23)25)9-19-12(2)24;1-10(22)17-7-12-8-21(15(23)24-12)11-2-3-14(13(16)6-11)20-5-4-18-19-9-20;1-2-3/h4-5,8,11,14H,3,6-7,9-10H2,1-2H3,(H,19,24);2-3,6,9,12,18H,4-5,7-8H2,1H3,(H,17,22);2H2,1H3/t14-;12-;/m00./s1. The van der Waals surface area contributed by atoms with E-state index in [1.54, 1.807) is 40.4 Å². The van der Waals surface area contributed by atoms with Crippen molar-refractivity contribution in [2.45, 2.75) is 39.9 Å². The lowest BCUT2D eigenvalue weighted by Crippen LogP contribution is -2.38. The number of cyclic esters (lactones) is 2. The van der Waals surface area contributed by atoms with Crippen molar-refractivity contribution < 1.29 is 37.4 Å². The molecule has 0 unspecified atom stereocenters. The highest BCUT2D eigenvalue weighted by molar-refractivity contribution is 14.1. The third kappa shape index (κ3) is 11.5. The van der Waals surface area contributed by atoms with Crippen molar-refractivity contribution in [2.24, 2.45) is 10.2 Å². The molecule has 6 rings (SSSR count). The number of hydrazone groups is 2. The van der Waals surface area contributed by atoms with E-state index in [2.05, 4.69) is 55.8 Å². The molecule has 19 heteroatoms. The fourth-order valence-corrected chi connectivity index (χ4v) is 5.47. The van der Waals surface area contributed by atoms with Gasteiger partial charge in [-0.05, 0) is 47.7 Å². The van der Waals surface area contributed by atoms with Crippen molar-refractivity contribution in [3.63, 3.8) is 0 Å². The number of ether oxygens (including phenoxy) is 2. The number of hydrogen-bond donors (Lipinski definition) is 3. The SMILES string of the molecule is CC(=O)NC[C@H]1CN(c2ccc(N3C=NNCC3)c(F)c2)C(=O)O1.CCI.CCN1CCN(c2ccc(N3C[C@H](CNC(C)=O)OC3=O)cc2F)C=N1. The van der Waals surface area contributed by atoms with E-state index in [-0.39, 0.29) is 38.0 Å². The molecule has 4 aliphatic heterocycles. The predicted octanol–water partition coefficient (Wildman–Crippen LogP) is 3.45. The number of rotatable bonds is 9. The number of carbonyl (C=O) groups is 4. The van der Waals surface area contributed by atoms with Crippen LogP contribution in [0.1, 0.15) is 27.7 Å². The minimum Gasteiger partial charge on any atom is -0.442 e. The number of alkyl halides is 1. The van der Waals surface area contributed by atoms with Crippen molar-refractivity contribution in [2.75, 3.05) is 82.9 Å². The first kappa shape index (κ1) is 40.8. The minimum atomic E-state index is -0.554. The quantitative estimate of drug-likeness (QED) is 0.252. The molecule has 3 N–H and O–H groups in total. The summed E-state index contributed by atoms with van der Waals surface area (Å²) < 4.78 is 40.6. The molecular formula is C34H45F2IN10O6. The average molecular weight is 855 g/mol. The Morgan fingerprint density at radius 1 is 0.830 bits per heavy atom. The highest BCUT2D eigenvalue weighted by Gasteiger charge is 2.34. The van der Waals surface area contributed by atoms with Gasteiger partial charge >= 0.3 is 12.2 Å². The van der Waals surface area contributed by atoms with Gasteiger partial charge in [-0.2, -0.15) is 10.2 Å². The first-order chi connectivity index (χ1) is 25.4. The molecule has 16 nitrogen and oxygen atoms in total. The molecule has 0 radical (unpaired) electrons. The maximum absolute atomic E-state index is 14.6. The van der Waals surface area contributed by atoms with Gasteiger partial charge in [-0.15, -0.1) is 0 Å². The number of anilines is 4. The number of amides is 4. The van der Waals surface area contributed by atoms with Gasteiger partial charge in [0.05, 0.1) is 62.0 Å².